The highest BCUT2D eigenvalue weighted by molar-refractivity contribution is 6.30. The summed E-state index contributed by atoms with van der Waals surface area (Å²) in [6, 6.07) is 15.4. The van der Waals surface area contributed by atoms with Crippen molar-refractivity contribution in [2.75, 3.05) is 6.61 Å². The minimum absolute atomic E-state index is 0.0277. The standard InChI is InChI=1S/C19H22ClNO2/c1-14-3-10-18(11-4-14)23-13-15(2)21-19(22)12-7-16-5-8-17(20)9-6-16/h3-6,8-11,15H,7,12-13H2,1-2H3,(H,21,22). The Morgan fingerprint density at radius 1 is 1.13 bits per heavy atom. The quantitative estimate of drug-likeness (QED) is 0.827. The highest BCUT2D eigenvalue weighted by Crippen LogP contribution is 2.12. The summed E-state index contributed by atoms with van der Waals surface area (Å²) in [5.41, 5.74) is 2.30. The van der Waals surface area contributed by atoms with E-state index in [0.717, 1.165) is 11.3 Å². The van der Waals surface area contributed by atoms with Gasteiger partial charge in [0.05, 0.1) is 6.04 Å². The van der Waals surface area contributed by atoms with Gasteiger partial charge < -0.3 is 10.1 Å². The number of ether oxygens (including phenoxy) is 1. The Labute approximate surface area is 142 Å². The van der Waals surface area contributed by atoms with Gasteiger partial charge in [-0.05, 0) is 50.1 Å². The first-order valence-corrected chi connectivity index (χ1v) is 8.14. The van der Waals surface area contributed by atoms with E-state index >= 15 is 0 Å². The molecular formula is C19H22ClNO2. The Morgan fingerprint density at radius 2 is 1.78 bits per heavy atom. The Bertz CT molecular complexity index is 623. The van der Waals surface area contributed by atoms with Crippen LogP contribution in [0, 0.1) is 6.92 Å². The minimum Gasteiger partial charge on any atom is -0.491 e. The van der Waals surface area contributed by atoms with Crippen LogP contribution in [0.2, 0.25) is 5.02 Å². The van der Waals surface area contributed by atoms with E-state index in [9.17, 15) is 4.79 Å². The number of halogens is 1. The number of carbonyl (C=O) groups is 1. The highest BCUT2D eigenvalue weighted by Gasteiger charge is 2.08. The van der Waals surface area contributed by atoms with Gasteiger partial charge in [0.25, 0.3) is 0 Å². The third-order valence-corrected chi connectivity index (χ3v) is 3.73. The van der Waals surface area contributed by atoms with Crippen molar-refractivity contribution in [3.63, 3.8) is 0 Å². The predicted octanol–water partition coefficient (Wildman–Crippen LogP) is 4.16. The molecule has 2 aromatic carbocycles. The summed E-state index contributed by atoms with van der Waals surface area (Å²) in [6.45, 7) is 4.43. The summed E-state index contributed by atoms with van der Waals surface area (Å²) < 4.78 is 5.67. The normalized spacial score (nSPS) is 11.8. The molecule has 1 unspecified atom stereocenters. The molecule has 2 rings (SSSR count). The summed E-state index contributed by atoms with van der Waals surface area (Å²) in [4.78, 5) is 12.0. The monoisotopic (exact) mass is 331 g/mol. The lowest BCUT2D eigenvalue weighted by Crippen LogP contribution is -2.36. The number of carbonyl (C=O) groups excluding carboxylic acids is 1. The van der Waals surface area contributed by atoms with E-state index in [1.165, 1.54) is 5.56 Å². The fourth-order valence-electron chi connectivity index (χ4n) is 2.15. The van der Waals surface area contributed by atoms with Crippen molar-refractivity contribution in [3.05, 3.63) is 64.7 Å². The van der Waals surface area contributed by atoms with Gasteiger partial charge in [-0.25, -0.2) is 0 Å². The van der Waals surface area contributed by atoms with Gasteiger partial charge >= 0.3 is 0 Å². The summed E-state index contributed by atoms with van der Waals surface area (Å²) in [7, 11) is 0. The molecule has 1 N–H and O–H groups in total. The molecule has 0 heterocycles. The Hall–Kier alpha value is -2.00. The topological polar surface area (TPSA) is 38.3 Å². The second-order valence-corrected chi connectivity index (χ2v) is 6.16. The van der Waals surface area contributed by atoms with Crippen LogP contribution in [-0.4, -0.2) is 18.6 Å². The second kappa shape index (κ2) is 8.59. The van der Waals surface area contributed by atoms with Crippen LogP contribution in [0.3, 0.4) is 0 Å². The lowest BCUT2D eigenvalue weighted by Gasteiger charge is -2.15. The molecule has 122 valence electrons. The van der Waals surface area contributed by atoms with Gasteiger partial charge in [-0.2, -0.15) is 0 Å². The zero-order chi connectivity index (χ0) is 16.7. The molecule has 2 aromatic rings. The zero-order valence-corrected chi connectivity index (χ0v) is 14.3. The van der Waals surface area contributed by atoms with Crippen LogP contribution in [0.4, 0.5) is 0 Å². The molecule has 0 aliphatic rings. The predicted molar refractivity (Wildman–Crippen MR) is 94.1 cm³/mol. The molecule has 1 amide bonds. The van der Waals surface area contributed by atoms with Crippen molar-refractivity contribution >= 4 is 17.5 Å². The Kier molecular flexibility index (Phi) is 6.48. The van der Waals surface area contributed by atoms with Crippen molar-refractivity contribution in [2.24, 2.45) is 0 Å². The molecule has 0 bridgehead atoms. The number of rotatable bonds is 7. The van der Waals surface area contributed by atoms with Crippen LogP contribution in [0.1, 0.15) is 24.5 Å². The summed E-state index contributed by atoms with van der Waals surface area (Å²) in [6.07, 6.45) is 1.16. The largest absolute Gasteiger partial charge is 0.491 e. The third kappa shape index (κ3) is 6.33. The van der Waals surface area contributed by atoms with Crippen LogP contribution >= 0.6 is 11.6 Å². The molecule has 1 atom stereocenters. The van der Waals surface area contributed by atoms with Gasteiger partial charge in [0.2, 0.25) is 5.91 Å². The van der Waals surface area contributed by atoms with Gasteiger partial charge in [0.1, 0.15) is 12.4 Å². The van der Waals surface area contributed by atoms with E-state index < -0.39 is 0 Å². The molecule has 0 spiro atoms. The number of hydrogen-bond acceptors (Lipinski definition) is 2. The molecule has 0 radical (unpaired) electrons. The number of nitrogens with one attached hydrogen (secondary N) is 1. The second-order valence-electron chi connectivity index (χ2n) is 5.72. The highest BCUT2D eigenvalue weighted by atomic mass is 35.5. The van der Waals surface area contributed by atoms with Crippen molar-refractivity contribution in [3.8, 4) is 5.75 Å². The fourth-order valence-corrected chi connectivity index (χ4v) is 2.28. The van der Waals surface area contributed by atoms with E-state index in [1.54, 1.807) is 0 Å². The first-order valence-electron chi connectivity index (χ1n) is 7.76. The van der Waals surface area contributed by atoms with Crippen LogP contribution in [-0.2, 0) is 11.2 Å². The van der Waals surface area contributed by atoms with E-state index in [1.807, 2.05) is 62.4 Å². The molecule has 0 saturated carbocycles. The van der Waals surface area contributed by atoms with E-state index in [2.05, 4.69) is 5.32 Å². The molecule has 4 heteroatoms. The smallest absolute Gasteiger partial charge is 0.220 e. The van der Waals surface area contributed by atoms with Crippen molar-refractivity contribution in [1.82, 2.24) is 5.32 Å². The average molecular weight is 332 g/mol. The SMILES string of the molecule is Cc1ccc(OCC(C)NC(=O)CCc2ccc(Cl)cc2)cc1. The maximum Gasteiger partial charge on any atom is 0.220 e. The third-order valence-electron chi connectivity index (χ3n) is 3.48. The Balaban J connectivity index is 1.69. The van der Waals surface area contributed by atoms with E-state index in [0.29, 0.717) is 24.5 Å². The van der Waals surface area contributed by atoms with Crippen LogP contribution in [0.15, 0.2) is 48.5 Å². The summed E-state index contributed by atoms with van der Waals surface area (Å²) in [5.74, 6) is 0.845. The van der Waals surface area contributed by atoms with Crippen molar-refractivity contribution < 1.29 is 9.53 Å². The minimum atomic E-state index is -0.0333. The van der Waals surface area contributed by atoms with E-state index in [4.69, 9.17) is 16.3 Å². The fraction of sp³-hybridized carbons (Fsp3) is 0.316. The first kappa shape index (κ1) is 17.4. The molecule has 23 heavy (non-hydrogen) atoms. The van der Waals surface area contributed by atoms with Gasteiger partial charge in [0.15, 0.2) is 0 Å². The van der Waals surface area contributed by atoms with Crippen LogP contribution in [0.5, 0.6) is 5.75 Å². The van der Waals surface area contributed by atoms with Crippen LogP contribution in [0.25, 0.3) is 0 Å². The maximum absolute atomic E-state index is 12.0. The maximum atomic E-state index is 12.0. The van der Waals surface area contributed by atoms with Crippen molar-refractivity contribution in [2.45, 2.75) is 32.7 Å². The number of hydrogen-bond donors (Lipinski definition) is 1. The molecule has 0 fully saturated rings. The molecule has 0 saturated heterocycles. The Morgan fingerprint density at radius 3 is 2.43 bits per heavy atom. The average Bonchev–Trinajstić information content (AvgIpc) is 2.54. The molecule has 0 aliphatic carbocycles. The zero-order valence-electron chi connectivity index (χ0n) is 13.5. The van der Waals surface area contributed by atoms with Crippen LogP contribution < -0.4 is 10.1 Å². The molecule has 0 aromatic heterocycles. The van der Waals surface area contributed by atoms with E-state index in [-0.39, 0.29) is 11.9 Å². The van der Waals surface area contributed by atoms with Gasteiger partial charge in [-0.15, -0.1) is 0 Å². The van der Waals surface area contributed by atoms with Gasteiger partial charge in [0, 0.05) is 11.4 Å². The molecular weight excluding hydrogens is 310 g/mol. The van der Waals surface area contributed by atoms with Gasteiger partial charge in [-0.3, -0.25) is 4.79 Å². The van der Waals surface area contributed by atoms with Crippen molar-refractivity contribution in [1.29, 1.82) is 0 Å². The number of benzene rings is 2. The van der Waals surface area contributed by atoms with Gasteiger partial charge in [-0.1, -0.05) is 41.4 Å². The molecule has 0 aliphatic heterocycles. The lowest BCUT2D eigenvalue weighted by molar-refractivity contribution is -0.121. The number of aryl methyl sites for hydroxylation is 2. The lowest BCUT2D eigenvalue weighted by atomic mass is 10.1. The summed E-state index contributed by atoms with van der Waals surface area (Å²) >= 11 is 5.84. The first-order chi connectivity index (χ1) is 11.0. The summed E-state index contributed by atoms with van der Waals surface area (Å²) in [5, 5.41) is 3.66. The molecule has 3 nitrogen and oxygen atoms in total. The number of amides is 1.